The summed E-state index contributed by atoms with van der Waals surface area (Å²) < 4.78 is 0. The second-order valence-corrected chi connectivity index (χ2v) is 9.43. The number of anilines is 5. The number of carbonyl (C=O) groups excluding carboxylic acids is 2. The molecule has 0 radical (unpaired) electrons. The average Bonchev–Trinajstić information content (AvgIpc) is 2.96. The van der Waals surface area contributed by atoms with Crippen LogP contribution in [-0.4, -0.2) is 35.4 Å². The molecule has 2 heterocycles. The number of aromatic nitrogens is 2. The van der Waals surface area contributed by atoms with Gasteiger partial charge in [-0.1, -0.05) is 37.6 Å². The van der Waals surface area contributed by atoms with Crippen LogP contribution in [0.3, 0.4) is 0 Å². The van der Waals surface area contributed by atoms with Crippen molar-refractivity contribution in [3.05, 3.63) is 64.8 Å². The molecule has 2 aromatic carbocycles. The van der Waals surface area contributed by atoms with Gasteiger partial charge in [-0.3, -0.25) is 9.59 Å². The first-order valence-corrected chi connectivity index (χ1v) is 11.9. The average molecular weight is 493 g/mol. The highest BCUT2D eigenvalue weighted by Crippen LogP contribution is 2.40. The van der Waals surface area contributed by atoms with Crippen molar-refractivity contribution in [2.45, 2.75) is 39.0 Å². The summed E-state index contributed by atoms with van der Waals surface area (Å²) in [5, 5.41) is 9.18. The van der Waals surface area contributed by atoms with E-state index in [1.54, 1.807) is 31.4 Å². The van der Waals surface area contributed by atoms with E-state index in [0.717, 1.165) is 23.4 Å². The van der Waals surface area contributed by atoms with Crippen LogP contribution in [0.15, 0.2) is 48.7 Å². The minimum Gasteiger partial charge on any atom is -0.355 e. The van der Waals surface area contributed by atoms with Gasteiger partial charge in [-0.2, -0.15) is 4.98 Å². The number of para-hydroxylation sites is 1. The number of halogens is 1. The van der Waals surface area contributed by atoms with Crippen molar-refractivity contribution >= 4 is 52.2 Å². The summed E-state index contributed by atoms with van der Waals surface area (Å²) >= 11 is 6.42. The van der Waals surface area contributed by atoms with Crippen molar-refractivity contribution in [1.82, 2.24) is 15.3 Å². The molecule has 3 N–H and O–H groups in total. The summed E-state index contributed by atoms with van der Waals surface area (Å²) in [5.74, 6) is 0.681. The zero-order valence-electron chi connectivity index (χ0n) is 20.3. The molecule has 3 aromatic rings. The second kappa shape index (κ2) is 9.92. The number of amides is 2. The van der Waals surface area contributed by atoms with Crippen LogP contribution < -0.4 is 20.9 Å². The highest BCUT2D eigenvalue weighted by atomic mass is 35.5. The van der Waals surface area contributed by atoms with Gasteiger partial charge in [0.1, 0.15) is 5.02 Å². The van der Waals surface area contributed by atoms with Crippen molar-refractivity contribution in [1.29, 1.82) is 0 Å². The molecule has 8 nitrogen and oxygen atoms in total. The fourth-order valence-corrected chi connectivity index (χ4v) is 4.35. The Morgan fingerprint density at radius 2 is 2.00 bits per heavy atom. The molecule has 2 amide bonds. The Morgan fingerprint density at radius 3 is 2.74 bits per heavy atom. The van der Waals surface area contributed by atoms with Gasteiger partial charge in [0.25, 0.3) is 5.91 Å². The lowest BCUT2D eigenvalue weighted by molar-refractivity contribution is -0.116. The molecular formula is C26H29ClN6O2. The van der Waals surface area contributed by atoms with Crippen LogP contribution >= 0.6 is 11.6 Å². The Kier molecular flexibility index (Phi) is 6.93. The molecule has 1 aliphatic heterocycles. The molecule has 0 saturated carbocycles. The molecular weight excluding hydrogens is 464 g/mol. The maximum Gasteiger partial charge on any atom is 0.253 e. The summed E-state index contributed by atoms with van der Waals surface area (Å²) in [6.07, 6.45) is 2.80. The van der Waals surface area contributed by atoms with Crippen molar-refractivity contribution in [2.24, 2.45) is 0 Å². The molecule has 0 spiro atoms. The first-order chi connectivity index (χ1) is 16.7. The minimum absolute atomic E-state index is 0.0331. The van der Waals surface area contributed by atoms with E-state index in [0.29, 0.717) is 41.0 Å². The summed E-state index contributed by atoms with van der Waals surface area (Å²) in [5.41, 5.74) is 3.72. The van der Waals surface area contributed by atoms with Gasteiger partial charge in [0.05, 0.1) is 17.4 Å². The van der Waals surface area contributed by atoms with Crippen LogP contribution in [0.2, 0.25) is 5.02 Å². The maximum atomic E-state index is 12.3. The lowest BCUT2D eigenvalue weighted by Crippen LogP contribution is -2.22. The third-order valence-electron chi connectivity index (χ3n) is 6.24. The van der Waals surface area contributed by atoms with E-state index >= 15 is 0 Å². The quantitative estimate of drug-likeness (QED) is 0.426. The van der Waals surface area contributed by atoms with Gasteiger partial charge in [-0.05, 0) is 54.7 Å². The van der Waals surface area contributed by atoms with Gasteiger partial charge in [-0.25, -0.2) is 4.98 Å². The second-order valence-electron chi connectivity index (χ2n) is 9.02. The molecule has 0 bridgehead atoms. The summed E-state index contributed by atoms with van der Waals surface area (Å²) in [4.78, 5) is 35.6. The molecule has 1 aliphatic rings. The number of nitrogens with one attached hydrogen (secondary N) is 3. The number of fused-ring (bicyclic) bond motifs is 1. The van der Waals surface area contributed by atoms with E-state index in [1.165, 1.54) is 0 Å². The number of rotatable bonds is 6. The lowest BCUT2D eigenvalue weighted by atomic mass is 9.80. The Bertz CT molecular complexity index is 1280. The Labute approximate surface area is 210 Å². The zero-order chi connectivity index (χ0) is 25.2. The van der Waals surface area contributed by atoms with E-state index in [9.17, 15) is 9.59 Å². The van der Waals surface area contributed by atoms with Crippen LogP contribution in [0.1, 0.15) is 49.5 Å². The molecule has 0 atom stereocenters. The third kappa shape index (κ3) is 5.07. The zero-order valence-corrected chi connectivity index (χ0v) is 21.0. The summed E-state index contributed by atoms with van der Waals surface area (Å²) in [6.45, 7) is 6.93. The van der Waals surface area contributed by atoms with Gasteiger partial charge in [0.15, 0.2) is 5.82 Å². The standard InChI is InChI=1S/C26H29ClN6O2/c1-5-33(16-10-11-21-18(14-16)26(2,3)13-12-22(34)30-21)25-29-15-19(27)23(32-25)31-20-9-7-6-8-17(20)24(35)28-4/h6-11,14-15H,5,12-13H2,1-4H3,(H,28,35)(H,30,34)(H,29,31,32). The normalized spacial score (nSPS) is 14.4. The van der Waals surface area contributed by atoms with E-state index in [2.05, 4.69) is 40.8 Å². The first kappa shape index (κ1) is 24.5. The third-order valence-corrected chi connectivity index (χ3v) is 6.51. The molecule has 35 heavy (non-hydrogen) atoms. The fourth-order valence-electron chi connectivity index (χ4n) is 4.21. The van der Waals surface area contributed by atoms with Gasteiger partial charge in [0.2, 0.25) is 11.9 Å². The van der Waals surface area contributed by atoms with E-state index in [-0.39, 0.29) is 17.2 Å². The number of carbonyl (C=O) groups is 2. The molecule has 182 valence electrons. The van der Waals surface area contributed by atoms with Crippen molar-refractivity contribution in [2.75, 3.05) is 29.1 Å². The van der Waals surface area contributed by atoms with E-state index in [1.807, 2.05) is 30.0 Å². The van der Waals surface area contributed by atoms with Crippen LogP contribution in [0.5, 0.6) is 0 Å². The highest BCUT2D eigenvalue weighted by Gasteiger charge is 2.29. The smallest absolute Gasteiger partial charge is 0.253 e. The maximum absolute atomic E-state index is 12.3. The molecule has 9 heteroatoms. The topological polar surface area (TPSA) is 99.3 Å². The molecule has 0 fully saturated rings. The van der Waals surface area contributed by atoms with Crippen molar-refractivity contribution < 1.29 is 9.59 Å². The van der Waals surface area contributed by atoms with E-state index in [4.69, 9.17) is 16.6 Å². The van der Waals surface area contributed by atoms with Gasteiger partial charge < -0.3 is 20.9 Å². The summed E-state index contributed by atoms with van der Waals surface area (Å²) in [6, 6.07) is 13.1. The summed E-state index contributed by atoms with van der Waals surface area (Å²) in [7, 11) is 1.58. The number of hydrogen-bond donors (Lipinski definition) is 3. The minimum atomic E-state index is -0.214. The number of hydrogen-bond acceptors (Lipinski definition) is 6. The predicted octanol–water partition coefficient (Wildman–Crippen LogP) is 5.40. The number of nitrogens with zero attached hydrogens (tertiary/aromatic N) is 3. The fraction of sp³-hybridized carbons (Fsp3) is 0.308. The SMILES string of the molecule is CCN(c1ccc2c(c1)C(C)(C)CCC(=O)N2)c1ncc(Cl)c(Nc2ccccc2C(=O)NC)n1. The molecule has 0 aliphatic carbocycles. The van der Waals surface area contributed by atoms with Crippen molar-refractivity contribution in [3.8, 4) is 0 Å². The Balaban J connectivity index is 1.71. The lowest BCUT2D eigenvalue weighted by Gasteiger charge is -2.28. The number of benzene rings is 2. The predicted molar refractivity (Wildman–Crippen MR) is 140 cm³/mol. The molecule has 1 aromatic heterocycles. The first-order valence-electron chi connectivity index (χ1n) is 11.6. The Hall–Kier alpha value is -3.65. The van der Waals surface area contributed by atoms with Gasteiger partial charge in [-0.15, -0.1) is 0 Å². The van der Waals surface area contributed by atoms with Gasteiger partial charge in [0, 0.05) is 31.4 Å². The molecule has 4 rings (SSSR count). The Morgan fingerprint density at radius 1 is 1.23 bits per heavy atom. The van der Waals surface area contributed by atoms with Gasteiger partial charge >= 0.3 is 0 Å². The molecule has 0 unspecified atom stereocenters. The van der Waals surface area contributed by atoms with Crippen LogP contribution in [0.4, 0.5) is 28.8 Å². The van der Waals surface area contributed by atoms with Crippen LogP contribution in [-0.2, 0) is 10.2 Å². The van der Waals surface area contributed by atoms with Crippen LogP contribution in [0, 0.1) is 0 Å². The largest absolute Gasteiger partial charge is 0.355 e. The van der Waals surface area contributed by atoms with Crippen LogP contribution in [0.25, 0.3) is 0 Å². The van der Waals surface area contributed by atoms with Crippen molar-refractivity contribution in [3.63, 3.8) is 0 Å². The van der Waals surface area contributed by atoms with E-state index < -0.39 is 0 Å². The monoisotopic (exact) mass is 492 g/mol. The molecule has 0 saturated heterocycles. The highest BCUT2D eigenvalue weighted by molar-refractivity contribution is 6.33.